The molecule has 0 radical (unpaired) electrons. The maximum absolute atomic E-state index is 12.8. The van der Waals surface area contributed by atoms with Crippen molar-refractivity contribution in [3.63, 3.8) is 0 Å². The van der Waals surface area contributed by atoms with Crippen molar-refractivity contribution in [2.75, 3.05) is 12.3 Å². The fraction of sp³-hybridized carbons (Fsp3) is 0.190. The topological polar surface area (TPSA) is 231 Å². The number of carboxylic acids is 2. The largest absolute Gasteiger partial charge is 0.481 e. The van der Waals surface area contributed by atoms with Gasteiger partial charge in [0.25, 0.3) is 5.91 Å². The lowest BCUT2D eigenvalue weighted by molar-refractivity contribution is -0.137. The molecule has 2 aromatic carbocycles. The summed E-state index contributed by atoms with van der Waals surface area (Å²) in [6.45, 7) is -0.590. The van der Waals surface area contributed by atoms with Crippen molar-refractivity contribution in [3.8, 4) is 0 Å². The van der Waals surface area contributed by atoms with Crippen LogP contribution in [0.5, 0.6) is 0 Å². The number of nitrogens with two attached hydrogens (primary N) is 2. The van der Waals surface area contributed by atoms with Crippen LogP contribution < -0.4 is 22.1 Å². The van der Waals surface area contributed by atoms with Crippen molar-refractivity contribution < 1.29 is 37.8 Å². The Morgan fingerprint density at radius 2 is 1.69 bits per heavy atom. The number of amides is 2. The molecule has 35 heavy (non-hydrogen) atoms. The number of carboxylic acid groups (broad SMARTS) is 2. The zero-order valence-electron chi connectivity index (χ0n) is 18.2. The van der Waals surface area contributed by atoms with Crippen LogP contribution in [0.2, 0.25) is 0 Å². The summed E-state index contributed by atoms with van der Waals surface area (Å²) in [6.07, 6.45) is -0.755. The van der Waals surface area contributed by atoms with Crippen LogP contribution in [0.1, 0.15) is 27.1 Å². The number of hydrogen-bond donors (Lipinski definition) is 6. The first-order valence-corrected chi connectivity index (χ1v) is 11.6. The Kier molecular flexibility index (Phi) is 8.88. The molecule has 0 aliphatic carbocycles. The molecule has 2 rings (SSSR count). The average molecular weight is 506 g/mol. The van der Waals surface area contributed by atoms with E-state index in [2.05, 4.69) is 15.6 Å². The summed E-state index contributed by atoms with van der Waals surface area (Å²) < 4.78 is 25.6. The van der Waals surface area contributed by atoms with Crippen molar-refractivity contribution in [1.29, 1.82) is 0 Å². The van der Waals surface area contributed by atoms with Gasteiger partial charge in [-0.2, -0.15) is 0 Å². The van der Waals surface area contributed by atoms with Crippen LogP contribution >= 0.6 is 0 Å². The fourth-order valence-electron chi connectivity index (χ4n) is 3.04. The lowest BCUT2D eigenvalue weighted by Crippen LogP contribution is -2.45. The van der Waals surface area contributed by atoms with Gasteiger partial charge in [0, 0.05) is 5.56 Å². The van der Waals surface area contributed by atoms with E-state index in [1.807, 2.05) is 0 Å². The highest BCUT2D eigenvalue weighted by Crippen LogP contribution is 2.19. The van der Waals surface area contributed by atoms with Gasteiger partial charge in [-0.1, -0.05) is 18.2 Å². The summed E-state index contributed by atoms with van der Waals surface area (Å²) in [7, 11) is -4.29. The van der Waals surface area contributed by atoms with Crippen LogP contribution in [0.25, 0.3) is 0 Å². The maximum atomic E-state index is 12.8. The molecule has 0 saturated heterocycles. The van der Waals surface area contributed by atoms with Gasteiger partial charge in [0.05, 0.1) is 40.9 Å². The van der Waals surface area contributed by atoms with Gasteiger partial charge < -0.3 is 32.3 Å². The number of aliphatic carboxylic acids is 1. The molecular weight excluding hydrogens is 482 g/mol. The molecule has 0 aliphatic heterocycles. The van der Waals surface area contributed by atoms with Crippen LogP contribution in [-0.4, -0.2) is 66.7 Å². The number of rotatable bonds is 11. The van der Waals surface area contributed by atoms with Gasteiger partial charge in [0.15, 0.2) is 15.8 Å². The molecule has 0 bridgehead atoms. The minimum Gasteiger partial charge on any atom is -0.481 e. The Bertz CT molecular complexity index is 1270. The Morgan fingerprint density at radius 3 is 2.31 bits per heavy atom. The summed E-state index contributed by atoms with van der Waals surface area (Å²) in [4.78, 5) is 50.5. The molecule has 186 valence electrons. The highest BCUT2D eigenvalue weighted by molar-refractivity contribution is 7.91. The fourth-order valence-corrected chi connectivity index (χ4v) is 4.73. The summed E-state index contributed by atoms with van der Waals surface area (Å²) in [5, 5.41) is 22.9. The number of nitrogens with one attached hydrogen (secondary N) is 2. The monoisotopic (exact) mass is 505 g/mol. The summed E-state index contributed by atoms with van der Waals surface area (Å²) >= 11 is 0. The molecule has 0 saturated carbocycles. The second-order valence-corrected chi connectivity index (χ2v) is 9.22. The molecule has 0 spiro atoms. The number of aromatic carboxylic acids is 1. The third-order valence-corrected chi connectivity index (χ3v) is 6.30. The van der Waals surface area contributed by atoms with Crippen LogP contribution in [0.3, 0.4) is 0 Å². The molecule has 0 fully saturated rings. The van der Waals surface area contributed by atoms with Crippen molar-refractivity contribution >= 4 is 45.2 Å². The minimum atomic E-state index is -4.29. The Morgan fingerprint density at radius 1 is 1.00 bits per heavy atom. The highest BCUT2D eigenvalue weighted by Gasteiger charge is 2.28. The molecule has 2 amide bonds. The van der Waals surface area contributed by atoms with Crippen molar-refractivity contribution in [3.05, 3.63) is 59.7 Å². The molecule has 0 aliphatic rings. The quantitative estimate of drug-likeness (QED) is 0.168. The van der Waals surface area contributed by atoms with Gasteiger partial charge in [-0.25, -0.2) is 18.2 Å². The van der Waals surface area contributed by atoms with E-state index in [0.29, 0.717) is 5.69 Å². The molecular formula is C21H23N5O8S. The van der Waals surface area contributed by atoms with Gasteiger partial charge in [-0.05, 0) is 30.3 Å². The standard InChI is InChI=1S/C21H23N5O8S/c22-21(23)26-13-5-3-4-12(8-13)19(30)24-10-17(27)25-14(9-18(28)29)11-35(33,34)16-7-2-1-6-15(16)20(31)32/h1-8,14H,9-11H2,(H,24,30)(H,25,27)(H,28,29)(H,31,32)(H4,22,23,26). The third-order valence-electron chi connectivity index (χ3n) is 4.44. The molecule has 0 aromatic heterocycles. The van der Waals surface area contributed by atoms with E-state index in [4.69, 9.17) is 16.6 Å². The van der Waals surface area contributed by atoms with Gasteiger partial charge >= 0.3 is 11.9 Å². The maximum Gasteiger partial charge on any atom is 0.337 e. The number of nitrogens with zero attached hydrogens (tertiary/aromatic N) is 1. The first-order chi connectivity index (χ1) is 16.4. The molecule has 8 N–H and O–H groups in total. The second-order valence-electron chi connectivity index (χ2n) is 7.21. The lowest BCUT2D eigenvalue weighted by atomic mass is 10.2. The molecule has 13 nitrogen and oxygen atoms in total. The van der Waals surface area contributed by atoms with Crippen LogP contribution in [0, 0.1) is 0 Å². The molecule has 0 heterocycles. The van der Waals surface area contributed by atoms with E-state index < -0.39 is 68.8 Å². The van der Waals surface area contributed by atoms with Crippen molar-refractivity contribution in [2.45, 2.75) is 17.4 Å². The number of guanidine groups is 1. The van der Waals surface area contributed by atoms with E-state index in [9.17, 15) is 32.7 Å². The Labute approximate surface area is 199 Å². The first-order valence-electron chi connectivity index (χ1n) is 9.93. The number of hydrogen-bond acceptors (Lipinski definition) is 7. The highest BCUT2D eigenvalue weighted by atomic mass is 32.2. The third kappa shape index (κ3) is 8.12. The van der Waals surface area contributed by atoms with E-state index >= 15 is 0 Å². The molecule has 1 unspecified atom stereocenters. The van der Waals surface area contributed by atoms with Gasteiger partial charge in [-0.15, -0.1) is 0 Å². The van der Waals surface area contributed by atoms with Crippen LogP contribution in [0.4, 0.5) is 5.69 Å². The molecule has 1 atom stereocenters. The van der Waals surface area contributed by atoms with Crippen molar-refractivity contribution in [1.82, 2.24) is 10.6 Å². The van der Waals surface area contributed by atoms with Gasteiger partial charge in [-0.3, -0.25) is 14.4 Å². The molecule has 2 aromatic rings. The predicted molar refractivity (Wildman–Crippen MR) is 124 cm³/mol. The zero-order valence-corrected chi connectivity index (χ0v) is 19.0. The lowest BCUT2D eigenvalue weighted by Gasteiger charge is -2.18. The number of carbonyl (C=O) groups excluding carboxylic acids is 2. The van der Waals surface area contributed by atoms with Gasteiger partial charge in [0.1, 0.15) is 0 Å². The Balaban J connectivity index is 2.09. The number of carbonyl (C=O) groups is 4. The Hall–Kier alpha value is -4.46. The normalized spacial score (nSPS) is 11.7. The summed E-state index contributed by atoms with van der Waals surface area (Å²) in [5.74, 6) is -5.47. The second kappa shape index (κ2) is 11.6. The van der Waals surface area contributed by atoms with Crippen LogP contribution in [0.15, 0.2) is 58.4 Å². The van der Waals surface area contributed by atoms with Crippen LogP contribution in [-0.2, 0) is 19.4 Å². The van der Waals surface area contributed by atoms with E-state index in [0.717, 1.165) is 12.1 Å². The smallest absolute Gasteiger partial charge is 0.337 e. The first kappa shape index (κ1) is 26.8. The number of sulfone groups is 1. The number of benzene rings is 2. The SMILES string of the molecule is NC(N)=Nc1cccc(C(=O)NCC(=O)NC(CC(=O)O)CS(=O)(=O)c2ccccc2C(=O)O)c1. The average Bonchev–Trinajstić information content (AvgIpc) is 2.76. The van der Waals surface area contributed by atoms with Gasteiger partial charge in [0.2, 0.25) is 5.91 Å². The zero-order chi connectivity index (χ0) is 26.2. The molecule has 14 heteroatoms. The van der Waals surface area contributed by atoms with Crippen molar-refractivity contribution in [2.24, 2.45) is 16.5 Å². The predicted octanol–water partition coefficient (Wildman–Crippen LogP) is -0.547. The van der Waals surface area contributed by atoms with E-state index in [-0.39, 0.29) is 11.5 Å². The summed E-state index contributed by atoms with van der Waals surface area (Å²) in [5.41, 5.74) is 10.5. The van der Waals surface area contributed by atoms with E-state index in [1.54, 1.807) is 6.07 Å². The summed E-state index contributed by atoms with van der Waals surface area (Å²) in [6, 6.07) is 9.31. The number of aliphatic imine (C=N–C) groups is 1. The van der Waals surface area contributed by atoms with E-state index in [1.165, 1.54) is 30.3 Å². The minimum absolute atomic E-state index is 0.134.